The molecule has 21 heavy (non-hydrogen) atoms. The van der Waals surface area contributed by atoms with Gasteiger partial charge in [-0.1, -0.05) is 0 Å². The standard InChI is InChI=1S/C14H12N6S/c1-7-8(2)19-20-13(10(7)6-15)21-14-17-11-4-3-9(16)5-12(11)18-14/h3-5H,16H2,1-2H3,(H,17,18). The second kappa shape index (κ2) is 5.07. The maximum absolute atomic E-state index is 9.30. The lowest BCUT2D eigenvalue weighted by Gasteiger charge is -2.04. The highest BCUT2D eigenvalue weighted by Gasteiger charge is 2.14. The number of aromatic amines is 1. The number of imidazole rings is 1. The first-order valence-electron chi connectivity index (χ1n) is 6.25. The van der Waals surface area contributed by atoms with Crippen molar-refractivity contribution in [3.05, 3.63) is 35.0 Å². The van der Waals surface area contributed by atoms with Gasteiger partial charge in [-0.3, -0.25) is 0 Å². The fourth-order valence-corrected chi connectivity index (χ4v) is 2.80. The van der Waals surface area contributed by atoms with Gasteiger partial charge in [0, 0.05) is 5.69 Å². The number of nitrogens with two attached hydrogens (primary N) is 1. The Bertz CT molecular complexity index is 877. The zero-order valence-corrected chi connectivity index (χ0v) is 12.3. The van der Waals surface area contributed by atoms with E-state index in [4.69, 9.17) is 5.73 Å². The second-order valence-electron chi connectivity index (χ2n) is 4.62. The highest BCUT2D eigenvalue weighted by molar-refractivity contribution is 7.99. The Morgan fingerprint density at radius 1 is 1.29 bits per heavy atom. The van der Waals surface area contributed by atoms with E-state index in [2.05, 4.69) is 26.2 Å². The van der Waals surface area contributed by atoms with Crippen LogP contribution in [0.15, 0.2) is 28.4 Å². The van der Waals surface area contributed by atoms with E-state index in [0.29, 0.717) is 21.4 Å². The summed E-state index contributed by atoms with van der Waals surface area (Å²) in [6, 6.07) is 7.66. The van der Waals surface area contributed by atoms with E-state index in [1.165, 1.54) is 11.8 Å². The van der Waals surface area contributed by atoms with E-state index in [0.717, 1.165) is 22.3 Å². The van der Waals surface area contributed by atoms with Gasteiger partial charge >= 0.3 is 0 Å². The summed E-state index contributed by atoms with van der Waals surface area (Å²) in [5, 5.41) is 18.7. The topological polar surface area (TPSA) is 104 Å². The first-order valence-corrected chi connectivity index (χ1v) is 7.07. The number of nitriles is 1. The Kier molecular flexibility index (Phi) is 3.23. The number of benzene rings is 1. The van der Waals surface area contributed by atoms with Crippen molar-refractivity contribution in [2.24, 2.45) is 0 Å². The average molecular weight is 296 g/mol. The monoisotopic (exact) mass is 296 g/mol. The van der Waals surface area contributed by atoms with Crippen molar-refractivity contribution in [2.75, 3.05) is 5.73 Å². The summed E-state index contributed by atoms with van der Waals surface area (Å²) in [6.45, 7) is 3.70. The molecule has 104 valence electrons. The quantitative estimate of drug-likeness (QED) is 0.704. The molecule has 0 aliphatic carbocycles. The van der Waals surface area contributed by atoms with Crippen LogP contribution in [-0.4, -0.2) is 20.2 Å². The summed E-state index contributed by atoms with van der Waals surface area (Å²) >= 11 is 1.29. The first kappa shape index (κ1) is 13.4. The van der Waals surface area contributed by atoms with Gasteiger partial charge in [-0.2, -0.15) is 10.4 Å². The number of hydrogen-bond donors (Lipinski definition) is 2. The third-order valence-corrected chi connectivity index (χ3v) is 4.08. The van der Waals surface area contributed by atoms with Crippen molar-refractivity contribution < 1.29 is 0 Å². The highest BCUT2D eigenvalue weighted by Crippen LogP contribution is 2.29. The van der Waals surface area contributed by atoms with Gasteiger partial charge in [-0.25, -0.2) is 4.98 Å². The van der Waals surface area contributed by atoms with Crippen LogP contribution in [0.5, 0.6) is 0 Å². The van der Waals surface area contributed by atoms with Crippen molar-refractivity contribution >= 4 is 28.5 Å². The molecule has 3 N–H and O–H groups in total. The molecule has 0 saturated heterocycles. The minimum Gasteiger partial charge on any atom is -0.399 e. The van der Waals surface area contributed by atoms with Crippen LogP contribution < -0.4 is 5.73 Å². The van der Waals surface area contributed by atoms with E-state index in [1.54, 1.807) is 6.07 Å². The predicted molar refractivity (Wildman–Crippen MR) is 80.9 cm³/mol. The van der Waals surface area contributed by atoms with E-state index in [-0.39, 0.29) is 0 Å². The van der Waals surface area contributed by atoms with Gasteiger partial charge in [0.2, 0.25) is 0 Å². The molecule has 0 aliphatic rings. The van der Waals surface area contributed by atoms with Gasteiger partial charge in [0.25, 0.3) is 0 Å². The molecule has 0 bridgehead atoms. The lowest BCUT2D eigenvalue weighted by atomic mass is 10.1. The third kappa shape index (κ3) is 2.41. The van der Waals surface area contributed by atoms with Crippen LogP contribution in [0.3, 0.4) is 0 Å². The molecule has 2 heterocycles. The second-order valence-corrected chi connectivity index (χ2v) is 5.60. The van der Waals surface area contributed by atoms with Crippen LogP contribution in [0, 0.1) is 25.2 Å². The van der Waals surface area contributed by atoms with E-state index in [1.807, 2.05) is 26.0 Å². The summed E-state index contributed by atoms with van der Waals surface area (Å²) in [7, 11) is 0. The summed E-state index contributed by atoms with van der Waals surface area (Å²) in [5.74, 6) is 0. The van der Waals surface area contributed by atoms with Crippen molar-refractivity contribution in [2.45, 2.75) is 24.0 Å². The first-order chi connectivity index (χ1) is 10.1. The van der Waals surface area contributed by atoms with Gasteiger partial charge in [0.15, 0.2) is 5.16 Å². The van der Waals surface area contributed by atoms with E-state index >= 15 is 0 Å². The molecular weight excluding hydrogens is 284 g/mol. The predicted octanol–water partition coefficient (Wildman–Crippen LogP) is 2.57. The molecule has 0 aliphatic heterocycles. The highest BCUT2D eigenvalue weighted by atomic mass is 32.2. The number of nitrogens with one attached hydrogen (secondary N) is 1. The van der Waals surface area contributed by atoms with Crippen LogP contribution in [0.1, 0.15) is 16.8 Å². The van der Waals surface area contributed by atoms with Gasteiger partial charge in [-0.15, -0.1) is 5.10 Å². The Hall–Kier alpha value is -2.59. The van der Waals surface area contributed by atoms with Crippen LogP contribution in [-0.2, 0) is 0 Å². The number of nitrogen functional groups attached to an aromatic ring is 1. The van der Waals surface area contributed by atoms with E-state index in [9.17, 15) is 5.26 Å². The van der Waals surface area contributed by atoms with E-state index < -0.39 is 0 Å². The Balaban J connectivity index is 2.03. The fraction of sp³-hybridized carbons (Fsp3) is 0.143. The zero-order valence-electron chi connectivity index (χ0n) is 11.5. The smallest absolute Gasteiger partial charge is 0.172 e. The summed E-state index contributed by atoms with van der Waals surface area (Å²) in [4.78, 5) is 7.62. The van der Waals surface area contributed by atoms with Crippen molar-refractivity contribution in [3.8, 4) is 6.07 Å². The van der Waals surface area contributed by atoms with Crippen LogP contribution in [0.25, 0.3) is 11.0 Å². The van der Waals surface area contributed by atoms with Gasteiger partial charge < -0.3 is 10.7 Å². The molecule has 3 aromatic rings. The Morgan fingerprint density at radius 3 is 2.86 bits per heavy atom. The maximum atomic E-state index is 9.30. The average Bonchev–Trinajstić information content (AvgIpc) is 2.84. The largest absolute Gasteiger partial charge is 0.399 e. The molecule has 0 saturated carbocycles. The number of H-pyrrole nitrogens is 1. The number of rotatable bonds is 2. The number of nitrogens with zero attached hydrogens (tertiary/aromatic N) is 4. The summed E-state index contributed by atoms with van der Waals surface area (Å²) in [6.07, 6.45) is 0. The Morgan fingerprint density at radius 2 is 2.10 bits per heavy atom. The molecular formula is C14H12N6S. The molecule has 0 amide bonds. The minimum atomic E-state index is 0.535. The summed E-state index contributed by atoms with van der Waals surface area (Å²) < 4.78 is 0. The summed E-state index contributed by atoms with van der Waals surface area (Å²) in [5.41, 5.74) is 10.2. The van der Waals surface area contributed by atoms with Crippen molar-refractivity contribution in [1.29, 1.82) is 5.26 Å². The number of aromatic nitrogens is 4. The molecule has 0 radical (unpaired) electrons. The molecule has 6 nitrogen and oxygen atoms in total. The van der Waals surface area contributed by atoms with Gasteiger partial charge in [0.1, 0.15) is 11.1 Å². The lowest BCUT2D eigenvalue weighted by molar-refractivity contribution is 0.868. The maximum Gasteiger partial charge on any atom is 0.172 e. The van der Waals surface area contributed by atoms with Gasteiger partial charge in [0.05, 0.1) is 22.3 Å². The van der Waals surface area contributed by atoms with Crippen LogP contribution >= 0.6 is 11.8 Å². The molecule has 3 rings (SSSR count). The van der Waals surface area contributed by atoms with Gasteiger partial charge in [-0.05, 0) is 49.4 Å². The Labute approximate surface area is 125 Å². The number of fused-ring (bicyclic) bond motifs is 1. The number of aryl methyl sites for hydroxylation is 1. The lowest BCUT2D eigenvalue weighted by Crippen LogP contribution is -1.98. The van der Waals surface area contributed by atoms with Crippen molar-refractivity contribution in [3.63, 3.8) is 0 Å². The number of hydrogen-bond acceptors (Lipinski definition) is 6. The van der Waals surface area contributed by atoms with Crippen LogP contribution in [0.4, 0.5) is 5.69 Å². The fourth-order valence-electron chi connectivity index (χ4n) is 1.93. The SMILES string of the molecule is Cc1nnc(Sc2nc3ccc(N)cc3[nH]2)c(C#N)c1C. The molecule has 0 atom stereocenters. The normalized spacial score (nSPS) is 10.7. The zero-order chi connectivity index (χ0) is 15.0. The molecule has 1 aromatic carbocycles. The van der Waals surface area contributed by atoms with Crippen LogP contribution in [0.2, 0.25) is 0 Å². The molecule has 0 spiro atoms. The molecule has 2 aromatic heterocycles. The van der Waals surface area contributed by atoms with Crippen molar-refractivity contribution in [1.82, 2.24) is 20.2 Å². The molecule has 7 heteroatoms. The molecule has 0 unspecified atom stereocenters. The molecule has 0 fully saturated rings. The minimum absolute atomic E-state index is 0.535. The third-order valence-electron chi connectivity index (χ3n) is 3.21. The number of anilines is 1.